The van der Waals surface area contributed by atoms with E-state index in [2.05, 4.69) is 53.2 Å². The second kappa shape index (κ2) is 9.93. The molecule has 0 spiro atoms. The Bertz CT molecular complexity index is 1050. The van der Waals surface area contributed by atoms with E-state index in [1.807, 2.05) is 36.0 Å². The van der Waals surface area contributed by atoms with Gasteiger partial charge in [-0.25, -0.2) is 0 Å². The van der Waals surface area contributed by atoms with E-state index in [0.717, 1.165) is 24.2 Å². The number of thioether (sulfide) groups is 1. The fraction of sp³-hybridized carbons (Fsp3) is 0.500. The van der Waals surface area contributed by atoms with Crippen LogP contribution < -0.4 is 10.1 Å². The molecule has 33 heavy (non-hydrogen) atoms. The molecule has 2 aromatic rings. The summed E-state index contributed by atoms with van der Waals surface area (Å²) in [5.41, 5.74) is 2.49. The monoisotopic (exact) mass is 493 g/mol. The molecule has 7 nitrogen and oxygen atoms in total. The molecule has 9 heteroatoms. The molecule has 0 aromatic heterocycles. The van der Waals surface area contributed by atoms with Crippen LogP contribution in [0.4, 0.5) is 0 Å². The van der Waals surface area contributed by atoms with Crippen LogP contribution in [0.1, 0.15) is 63.1 Å². The summed E-state index contributed by atoms with van der Waals surface area (Å²) in [6, 6.07) is 16.5. The van der Waals surface area contributed by atoms with Gasteiger partial charge in [-0.1, -0.05) is 57.0 Å². The molecule has 2 N–H and O–H groups in total. The lowest BCUT2D eigenvalue weighted by Gasteiger charge is -2.36. The van der Waals surface area contributed by atoms with Gasteiger partial charge in [-0.05, 0) is 42.2 Å². The number of unbranched alkanes of at least 4 members (excludes halogenated alkanes) is 1. The minimum absolute atomic E-state index is 0.0241. The molecule has 1 saturated heterocycles. The Morgan fingerprint density at radius 3 is 2.48 bits per heavy atom. The molecular weight excluding hydrogens is 462 g/mol. The lowest BCUT2D eigenvalue weighted by molar-refractivity contribution is 0.0850. The van der Waals surface area contributed by atoms with Crippen molar-refractivity contribution in [2.45, 2.75) is 67.5 Å². The number of ether oxygens (including phenoxy) is 1. The Labute approximate surface area is 199 Å². The summed E-state index contributed by atoms with van der Waals surface area (Å²) < 4.78 is 37.4. The molecule has 2 atom stereocenters. The molecule has 0 saturated carbocycles. The van der Waals surface area contributed by atoms with Crippen LogP contribution in [0.15, 0.2) is 53.4 Å². The van der Waals surface area contributed by atoms with Crippen molar-refractivity contribution in [3.8, 4) is 5.75 Å². The number of benzene rings is 2. The quantitative estimate of drug-likeness (QED) is 0.268. The average Bonchev–Trinajstić information content (AvgIpc) is 3.63. The Kier molecular flexibility index (Phi) is 7.38. The summed E-state index contributed by atoms with van der Waals surface area (Å²) in [5.74, 6) is 1.65. The van der Waals surface area contributed by atoms with Crippen LogP contribution in [0.3, 0.4) is 0 Å². The van der Waals surface area contributed by atoms with Crippen molar-refractivity contribution in [1.29, 1.82) is 0 Å². The highest BCUT2D eigenvalue weighted by atomic mass is 32.2. The van der Waals surface area contributed by atoms with E-state index < -0.39 is 15.2 Å². The number of hydrogen-bond donors (Lipinski definition) is 2. The van der Waals surface area contributed by atoms with Crippen molar-refractivity contribution in [2.75, 3.05) is 12.4 Å². The first-order chi connectivity index (χ1) is 15.8. The third-order valence-corrected chi connectivity index (χ3v) is 8.93. The molecule has 2 heterocycles. The van der Waals surface area contributed by atoms with Gasteiger partial charge in [0.2, 0.25) is 0 Å². The molecule has 0 unspecified atom stereocenters. The fourth-order valence-corrected chi connectivity index (χ4v) is 6.13. The van der Waals surface area contributed by atoms with Crippen LogP contribution in [-0.2, 0) is 19.9 Å². The zero-order chi connectivity index (χ0) is 23.5. The molecule has 0 radical (unpaired) electrons. The molecule has 0 bridgehead atoms. The normalized spacial score (nSPS) is 24.0. The molecule has 0 amide bonds. The van der Waals surface area contributed by atoms with Crippen LogP contribution in [0.2, 0.25) is 0 Å². The van der Waals surface area contributed by atoms with E-state index in [4.69, 9.17) is 9.29 Å². The van der Waals surface area contributed by atoms with Gasteiger partial charge in [0.25, 0.3) is 0 Å². The van der Waals surface area contributed by atoms with E-state index in [9.17, 15) is 8.42 Å². The summed E-state index contributed by atoms with van der Waals surface area (Å²) in [6.07, 6.45) is 4.44. The minimum Gasteiger partial charge on any atom is -0.493 e. The molecule has 2 aliphatic heterocycles. The van der Waals surface area contributed by atoms with Crippen molar-refractivity contribution in [3.63, 3.8) is 0 Å². The van der Waals surface area contributed by atoms with Gasteiger partial charge in [0.15, 0.2) is 0 Å². The van der Waals surface area contributed by atoms with Crippen molar-refractivity contribution in [3.05, 3.63) is 59.7 Å². The maximum Gasteiger partial charge on any atom is 0.359 e. The van der Waals surface area contributed by atoms with Crippen LogP contribution in [-0.4, -0.2) is 36.0 Å². The Balaban J connectivity index is 1.51. The Hall–Kier alpha value is -1.62. The van der Waals surface area contributed by atoms with Gasteiger partial charge in [0.05, 0.1) is 19.1 Å². The first kappa shape index (κ1) is 24.5. The van der Waals surface area contributed by atoms with Crippen LogP contribution >= 0.6 is 11.8 Å². The zero-order valence-electron chi connectivity index (χ0n) is 19.0. The molecule has 180 valence electrons. The van der Waals surface area contributed by atoms with Gasteiger partial charge < -0.3 is 4.74 Å². The second-order valence-electron chi connectivity index (χ2n) is 8.63. The third-order valence-electron chi connectivity index (χ3n) is 6.42. The van der Waals surface area contributed by atoms with E-state index in [1.54, 1.807) is 0 Å². The highest BCUT2D eigenvalue weighted by molar-refractivity contribution is 7.99. The summed E-state index contributed by atoms with van der Waals surface area (Å²) >= 11 is 1.93. The summed E-state index contributed by atoms with van der Waals surface area (Å²) in [4.78, 5) is 10.3. The van der Waals surface area contributed by atoms with Crippen molar-refractivity contribution in [2.24, 2.45) is 0 Å². The van der Waals surface area contributed by atoms with Gasteiger partial charge in [-0.2, -0.15) is 18.2 Å². The maximum absolute atomic E-state index is 11.3. The van der Waals surface area contributed by atoms with E-state index in [-0.39, 0.29) is 24.6 Å². The molecular formula is C24H31NO6S2. The van der Waals surface area contributed by atoms with Crippen LogP contribution in [0, 0.1) is 0 Å². The minimum atomic E-state index is -4.45. The Morgan fingerprint density at radius 2 is 1.85 bits per heavy atom. The van der Waals surface area contributed by atoms with Gasteiger partial charge in [0, 0.05) is 16.2 Å². The highest BCUT2D eigenvalue weighted by Crippen LogP contribution is 2.41. The molecule has 4 rings (SSSR count). The standard InChI is InChI=1S/C24H31NO6S2/c1-3-5-14-23(4-2)17-32-21-9-7-6-8-20(21)22(25-23)18-10-12-19(13-11-18)29-16-15-24(30-31-24)33(26,27)28/h6-13,22,25H,3-5,14-17H2,1-2H3,(H,26,27,28)/t22-,23+/m0/s1. The van der Waals surface area contributed by atoms with E-state index in [0.29, 0.717) is 5.75 Å². The van der Waals surface area contributed by atoms with Crippen molar-refractivity contribution < 1.29 is 27.5 Å². The van der Waals surface area contributed by atoms with Gasteiger partial charge in [0.1, 0.15) is 5.75 Å². The number of hydrogen-bond acceptors (Lipinski definition) is 7. The summed E-state index contributed by atoms with van der Waals surface area (Å²) in [7, 11) is -4.45. The lowest BCUT2D eigenvalue weighted by Crippen LogP contribution is -2.48. The summed E-state index contributed by atoms with van der Waals surface area (Å²) in [6.45, 7) is 4.52. The lowest BCUT2D eigenvalue weighted by atomic mass is 9.88. The predicted molar refractivity (Wildman–Crippen MR) is 128 cm³/mol. The largest absolute Gasteiger partial charge is 0.493 e. The van der Waals surface area contributed by atoms with Gasteiger partial charge in [-0.15, -0.1) is 11.8 Å². The number of rotatable bonds is 10. The summed E-state index contributed by atoms with van der Waals surface area (Å²) in [5, 5.41) is 2.02. The smallest absolute Gasteiger partial charge is 0.359 e. The Morgan fingerprint density at radius 1 is 1.12 bits per heavy atom. The second-order valence-corrected chi connectivity index (χ2v) is 11.2. The number of fused-ring (bicyclic) bond motifs is 1. The van der Waals surface area contributed by atoms with Crippen molar-refractivity contribution >= 4 is 21.9 Å². The SMILES string of the molecule is CCCC[C@]1(CC)CSc2ccccc2[C@H](c2ccc(OCCC3(S(=O)(=O)O)OO3)cc2)N1. The van der Waals surface area contributed by atoms with Gasteiger partial charge in [-0.3, -0.25) is 9.87 Å². The van der Waals surface area contributed by atoms with Crippen LogP contribution in [0.25, 0.3) is 0 Å². The van der Waals surface area contributed by atoms with E-state index >= 15 is 0 Å². The zero-order valence-corrected chi connectivity index (χ0v) is 20.6. The first-order valence-electron chi connectivity index (χ1n) is 11.4. The number of nitrogens with one attached hydrogen (secondary N) is 1. The first-order valence-corrected chi connectivity index (χ1v) is 13.8. The maximum atomic E-state index is 11.3. The molecule has 1 fully saturated rings. The van der Waals surface area contributed by atoms with E-state index in [1.165, 1.54) is 23.3 Å². The average molecular weight is 494 g/mol. The third kappa shape index (κ3) is 5.39. The molecule has 0 aliphatic carbocycles. The van der Waals surface area contributed by atoms with Gasteiger partial charge >= 0.3 is 15.2 Å². The van der Waals surface area contributed by atoms with Crippen molar-refractivity contribution in [1.82, 2.24) is 5.32 Å². The highest BCUT2D eigenvalue weighted by Gasteiger charge is 2.61. The predicted octanol–water partition coefficient (Wildman–Crippen LogP) is 5.08. The fourth-order valence-electron chi connectivity index (χ4n) is 4.19. The molecule has 2 aliphatic rings. The molecule has 2 aromatic carbocycles. The topological polar surface area (TPSA) is 101 Å². The van der Waals surface area contributed by atoms with Crippen LogP contribution in [0.5, 0.6) is 5.75 Å².